The topological polar surface area (TPSA) is 69.9 Å². The molecule has 1 unspecified atom stereocenters. The molecule has 0 bridgehead atoms. The summed E-state index contributed by atoms with van der Waals surface area (Å²) in [5.74, 6) is 5.43. The zero-order valence-electron chi connectivity index (χ0n) is 10.1. The Morgan fingerprint density at radius 2 is 1.78 bits per heavy atom. The minimum absolute atomic E-state index is 0.121. The van der Waals surface area contributed by atoms with Crippen molar-refractivity contribution in [2.45, 2.75) is 25.2 Å². The largest absolute Gasteiger partial charge is 0.394 e. The molecule has 0 aromatic heterocycles. The molecule has 0 spiro atoms. The van der Waals surface area contributed by atoms with Gasteiger partial charge in [-0.15, -0.1) is 0 Å². The SMILES string of the molecule is OC[C@@H](O)C(O)CC#CCOCc1ccccc1. The number of ether oxygens (including phenoxy) is 1. The number of benzene rings is 1. The number of rotatable bonds is 6. The van der Waals surface area contributed by atoms with Crippen LogP contribution >= 0.6 is 0 Å². The molecule has 0 radical (unpaired) electrons. The van der Waals surface area contributed by atoms with Gasteiger partial charge in [0.2, 0.25) is 0 Å². The second-order valence-electron chi connectivity index (χ2n) is 3.85. The average Bonchev–Trinajstić information content (AvgIpc) is 2.42. The van der Waals surface area contributed by atoms with E-state index in [1.807, 2.05) is 30.3 Å². The highest BCUT2D eigenvalue weighted by atomic mass is 16.5. The predicted molar refractivity (Wildman–Crippen MR) is 67.6 cm³/mol. The lowest BCUT2D eigenvalue weighted by atomic mass is 10.1. The van der Waals surface area contributed by atoms with Crippen LogP contribution in [0.3, 0.4) is 0 Å². The molecule has 3 N–H and O–H groups in total. The number of aliphatic hydroxyl groups excluding tert-OH is 3. The first kappa shape index (κ1) is 14.7. The van der Waals surface area contributed by atoms with E-state index in [4.69, 9.17) is 14.9 Å². The van der Waals surface area contributed by atoms with E-state index in [9.17, 15) is 5.11 Å². The Morgan fingerprint density at radius 3 is 2.44 bits per heavy atom. The van der Waals surface area contributed by atoms with Gasteiger partial charge in [-0.1, -0.05) is 42.2 Å². The molecule has 0 saturated carbocycles. The Kier molecular flexibility index (Phi) is 7.07. The summed E-state index contributed by atoms with van der Waals surface area (Å²) < 4.78 is 5.32. The Morgan fingerprint density at radius 1 is 1.06 bits per heavy atom. The van der Waals surface area contributed by atoms with Crippen molar-refractivity contribution in [3.8, 4) is 11.8 Å². The fraction of sp³-hybridized carbons (Fsp3) is 0.429. The lowest BCUT2D eigenvalue weighted by molar-refractivity contribution is -0.0110. The average molecular weight is 250 g/mol. The molecule has 0 fully saturated rings. The van der Waals surface area contributed by atoms with E-state index in [0.717, 1.165) is 5.56 Å². The molecular weight excluding hydrogens is 232 g/mol. The smallest absolute Gasteiger partial charge is 0.108 e. The predicted octanol–water partition coefficient (Wildman–Crippen LogP) is 0.311. The van der Waals surface area contributed by atoms with Crippen LogP contribution in [-0.4, -0.2) is 40.7 Å². The van der Waals surface area contributed by atoms with Gasteiger partial charge in [-0.05, 0) is 5.56 Å². The molecule has 1 aromatic rings. The third-order valence-corrected chi connectivity index (χ3v) is 2.35. The third kappa shape index (κ3) is 5.80. The van der Waals surface area contributed by atoms with Crippen molar-refractivity contribution in [3.63, 3.8) is 0 Å². The summed E-state index contributed by atoms with van der Waals surface area (Å²) in [6.45, 7) is 0.307. The van der Waals surface area contributed by atoms with Crippen LogP contribution in [0.4, 0.5) is 0 Å². The minimum atomic E-state index is -1.13. The molecule has 0 saturated heterocycles. The highest BCUT2D eigenvalue weighted by molar-refractivity contribution is 5.13. The number of hydrogen-bond acceptors (Lipinski definition) is 4. The molecule has 98 valence electrons. The summed E-state index contributed by atoms with van der Waals surface area (Å²) in [5.41, 5.74) is 1.08. The lowest BCUT2D eigenvalue weighted by Gasteiger charge is -2.11. The zero-order chi connectivity index (χ0) is 13.2. The molecule has 4 heteroatoms. The van der Waals surface area contributed by atoms with Crippen LogP contribution in [0.25, 0.3) is 0 Å². The number of hydrogen-bond donors (Lipinski definition) is 3. The van der Waals surface area contributed by atoms with E-state index in [1.165, 1.54) is 0 Å². The monoisotopic (exact) mass is 250 g/mol. The molecule has 4 nitrogen and oxygen atoms in total. The van der Waals surface area contributed by atoms with E-state index >= 15 is 0 Å². The Hall–Kier alpha value is -1.38. The maximum absolute atomic E-state index is 9.30. The van der Waals surface area contributed by atoms with Crippen LogP contribution in [0.15, 0.2) is 30.3 Å². The molecule has 0 aliphatic heterocycles. The van der Waals surface area contributed by atoms with Crippen LogP contribution in [0.2, 0.25) is 0 Å². The Bertz CT molecular complexity index is 380. The van der Waals surface area contributed by atoms with E-state index in [0.29, 0.717) is 6.61 Å². The molecule has 1 rings (SSSR count). The summed E-state index contributed by atoms with van der Waals surface area (Å²) in [7, 11) is 0. The Balaban J connectivity index is 2.15. The first-order chi connectivity index (χ1) is 8.74. The summed E-state index contributed by atoms with van der Waals surface area (Å²) in [6.07, 6.45) is -2.03. The molecule has 0 amide bonds. The molecule has 0 aliphatic carbocycles. The first-order valence-electron chi connectivity index (χ1n) is 5.78. The summed E-state index contributed by atoms with van der Waals surface area (Å²) in [4.78, 5) is 0. The van der Waals surface area contributed by atoms with Crippen LogP contribution < -0.4 is 0 Å². The van der Waals surface area contributed by atoms with Gasteiger partial charge in [0.25, 0.3) is 0 Å². The minimum Gasteiger partial charge on any atom is -0.394 e. The van der Waals surface area contributed by atoms with Gasteiger partial charge in [0, 0.05) is 6.42 Å². The van der Waals surface area contributed by atoms with Crippen molar-refractivity contribution in [2.75, 3.05) is 13.2 Å². The quantitative estimate of drug-likeness (QED) is 0.502. The van der Waals surface area contributed by atoms with Gasteiger partial charge in [-0.25, -0.2) is 0 Å². The fourth-order valence-electron chi connectivity index (χ4n) is 1.28. The molecular formula is C14H18O4. The summed E-state index contributed by atoms with van der Waals surface area (Å²) in [5, 5.41) is 27.0. The molecule has 0 heterocycles. The van der Waals surface area contributed by atoms with Crippen molar-refractivity contribution in [1.29, 1.82) is 0 Å². The third-order valence-electron chi connectivity index (χ3n) is 2.35. The molecule has 2 atom stereocenters. The summed E-state index contributed by atoms with van der Waals surface area (Å²) in [6, 6.07) is 9.76. The van der Waals surface area contributed by atoms with Gasteiger partial charge in [0.05, 0.1) is 19.3 Å². The number of aliphatic hydroxyl groups is 3. The van der Waals surface area contributed by atoms with E-state index in [2.05, 4.69) is 11.8 Å². The van der Waals surface area contributed by atoms with Gasteiger partial charge in [0.15, 0.2) is 0 Å². The first-order valence-corrected chi connectivity index (χ1v) is 5.78. The van der Waals surface area contributed by atoms with Gasteiger partial charge >= 0.3 is 0 Å². The van der Waals surface area contributed by atoms with Crippen molar-refractivity contribution < 1.29 is 20.1 Å². The normalized spacial score (nSPS) is 13.5. The maximum Gasteiger partial charge on any atom is 0.108 e. The van der Waals surface area contributed by atoms with Gasteiger partial charge < -0.3 is 20.1 Å². The zero-order valence-corrected chi connectivity index (χ0v) is 10.1. The lowest BCUT2D eigenvalue weighted by Crippen LogP contribution is -2.28. The Labute approximate surface area is 107 Å². The van der Waals surface area contributed by atoms with Crippen molar-refractivity contribution in [2.24, 2.45) is 0 Å². The molecule has 18 heavy (non-hydrogen) atoms. The van der Waals surface area contributed by atoms with E-state index < -0.39 is 18.8 Å². The molecule has 1 aromatic carbocycles. The van der Waals surface area contributed by atoms with Gasteiger partial charge in [-0.3, -0.25) is 0 Å². The van der Waals surface area contributed by atoms with Crippen molar-refractivity contribution in [1.82, 2.24) is 0 Å². The van der Waals surface area contributed by atoms with Crippen LogP contribution in [0.1, 0.15) is 12.0 Å². The van der Waals surface area contributed by atoms with Crippen LogP contribution in [0.5, 0.6) is 0 Å². The van der Waals surface area contributed by atoms with Crippen molar-refractivity contribution in [3.05, 3.63) is 35.9 Å². The maximum atomic E-state index is 9.30. The van der Waals surface area contributed by atoms with E-state index in [1.54, 1.807) is 0 Å². The standard InChI is InChI=1S/C14H18O4/c15-10-14(17)13(16)8-4-5-9-18-11-12-6-2-1-3-7-12/h1-3,6-7,13-17H,8-11H2/t13?,14-/m1/s1. The summed E-state index contributed by atoms with van der Waals surface area (Å²) >= 11 is 0. The second kappa shape index (κ2) is 8.67. The van der Waals surface area contributed by atoms with Crippen LogP contribution in [0, 0.1) is 11.8 Å². The fourth-order valence-corrected chi connectivity index (χ4v) is 1.28. The molecule has 0 aliphatic rings. The highest BCUT2D eigenvalue weighted by Crippen LogP contribution is 2.00. The van der Waals surface area contributed by atoms with E-state index in [-0.39, 0.29) is 13.0 Å². The van der Waals surface area contributed by atoms with Gasteiger partial charge in [0.1, 0.15) is 12.7 Å². The second-order valence-corrected chi connectivity index (χ2v) is 3.85. The van der Waals surface area contributed by atoms with Crippen molar-refractivity contribution >= 4 is 0 Å². The highest BCUT2D eigenvalue weighted by Gasteiger charge is 2.12. The van der Waals surface area contributed by atoms with Crippen LogP contribution in [-0.2, 0) is 11.3 Å². The van der Waals surface area contributed by atoms with Gasteiger partial charge in [-0.2, -0.15) is 0 Å².